The molecule has 1 aromatic heterocycles. The number of hydrogen-bond acceptors (Lipinski definition) is 3. The van der Waals surface area contributed by atoms with E-state index in [9.17, 15) is 4.79 Å². The molecule has 0 atom stereocenters. The number of amides is 1. The van der Waals surface area contributed by atoms with E-state index < -0.39 is 0 Å². The van der Waals surface area contributed by atoms with Crippen LogP contribution in [0.1, 0.15) is 27.9 Å². The van der Waals surface area contributed by atoms with Gasteiger partial charge in [0.1, 0.15) is 5.01 Å². The SMILES string of the molecule is Cc1ccc(-c2sc(-c3ccccc3)nc2CC(=O)Nc2c(C)cc(C)cc2C)cc1. The number of carbonyl (C=O) groups is 1. The number of nitrogens with one attached hydrogen (secondary N) is 1. The van der Waals surface area contributed by atoms with Gasteiger partial charge in [0, 0.05) is 11.3 Å². The van der Waals surface area contributed by atoms with Gasteiger partial charge in [0.25, 0.3) is 0 Å². The number of rotatable bonds is 5. The van der Waals surface area contributed by atoms with Crippen LogP contribution in [0, 0.1) is 27.7 Å². The number of aryl methyl sites for hydroxylation is 4. The Morgan fingerprint density at radius 3 is 2.13 bits per heavy atom. The monoisotopic (exact) mass is 426 g/mol. The molecule has 0 bridgehead atoms. The quantitative estimate of drug-likeness (QED) is 0.377. The molecular formula is C27H26N2OS. The number of aromatic nitrogens is 1. The lowest BCUT2D eigenvalue weighted by Gasteiger charge is -2.13. The number of anilines is 1. The third-order valence-electron chi connectivity index (χ3n) is 5.30. The maximum absolute atomic E-state index is 13.0. The van der Waals surface area contributed by atoms with Gasteiger partial charge in [-0.1, -0.05) is 77.9 Å². The maximum Gasteiger partial charge on any atom is 0.230 e. The van der Waals surface area contributed by atoms with Crippen LogP contribution < -0.4 is 5.32 Å². The lowest BCUT2D eigenvalue weighted by molar-refractivity contribution is -0.115. The highest BCUT2D eigenvalue weighted by molar-refractivity contribution is 7.18. The summed E-state index contributed by atoms with van der Waals surface area (Å²) >= 11 is 1.64. The zero-order chi connectivity index (χ0) is 22.0. The molecule has 0 aliphatic rings. The lowest BCUT2D eigenvalue weighted by Crippen LogP contribution is -2.16. The van der Waals surface area contributed by atoms with E-state index in [-0.39, 0.29) is 12.3 Å². The van der Waals surface area contributed by atoms with E-state index in [4.69, 9.17) is 4.98 Å². The summed E-state index contributed by atoms with van der Waals surface area (Å²) in [5.41, 5.74) is 8.43. The fraction of sp³-hybridized carbons (Fsp3) is 0.185. The first kappa shape index (κ1) is 21.0. The van der Waals surface area contributed by atoms with Gasteiger partial charge in [0.05, 0.1) is 17.0 Å². The molecule has 0 fully saturated rings. The van der Waals surface area contributed by atoms with Crippen molar-refractivity contribution in [2.45, 2.75) is 34.1 Å². The molecule has 0 aliphatic heterocycles. The zero-order valence-electron chi connectivity index (χ0n) is 18.3. The Morgan fingerprint density at radius 1 is 0.839 bits per heavy atom. The Kier molecular flexibility index (Phi) is 6.01. The first-order chi connectivity index (χ1) is 14.9. The van der Waals surface area contributed by atoms with Crippen LogP contribution in [-0.4, -0.2) is 10.9 Å². The molecule has 4 rings (SSSR count). The maximum atomic E-state index is 13.0. The summed E-state index contributed by atoms with van der Waals surface area (Å²) < 4.78 is 0. The van der Waals surface area contributed by atoms with Gasteiger partial charge in [-0.25, -0.2) is 4.98 Å². The van der Waals surface area contributed by atoms with Crippen LogP contribution in [-0.2, 0) is 11.2 Å². The number of carbonyl (C=O) groups excluding carboxylic acids is 1. The zero-order valence-corrected chi connectivity index (χ0v) is 19.1. The molecule has 4 heteroatoms. The van der Waals surface area contributed by atoms with Crippen LogP contribution in [0.15, 0.2) is 66.7 Å². The summed E-state index contributed by atoms with van der Waals surface area (Å²) in [7, 11) is 0. The first-order valence-corrected chi connectivity index (χ1v) is 11.2. The number of nitrogens with zero attached hydrogens (tertiary/aromatic N) is 1. The molecule has 1 heterocycles. The second kappa shape index (κ2) is 8.86. The minimum atomic E-state index is -0.0478. The fourth-order valence-corrected chi connectivity index (χ4v) is 4.91. The molecule has 0 aliphatic carbocycles. The molecule has 1 N–H and O–H groups in total. The summed E-state index contributed by atoms with van der Waals surface area (Å²) in [4.78, 5) is 18.9. The van der Waals surface area contributed by atoms with Crippen LogP contribution in [0.4, 0.5) is 5.69 Å². The Balaban J connectivity index is 1.67. The molecule has 31 heavy (non-hydrogen) atoms. The summed E-state index contributed by atoms with van der Waals surface area (Å²) in [5.74, 6) is -0.0478. The van der Waals surface area contributed by atoms with Crippen molar-refractivity contribution in [2.75, 3.05) is 5.32 Å². The summed E-state index contributed by atoms with van der Waals surface area (Å²) in [6.07, 6.45) is 0.235. The highest BCUT2D eigenvalue weighted by Crippen LogP contribution is 2.36. The van der Waals surface area contributed by atoms with Crippen molar-refractivity contribution in [1.82, 2.24) is 4.98 Å². The molecule has 3 nitrogen and oxygen atoms in total. The van der Waals surface area contributed by atoms with Crippen LogP contribution in [0.3, 0.4) is 0 Å². The minimum absolute atomic E-state index is 0.0478. The van der Waals surface area contributed by atoms with E-state index >= 15 is 0 Å². The summed E-state index contributed by atoms with van der Waals surface area (Å²) in [6, 6.07) is 22.7. The summed E-state index contributed by atoms with van der Waals surface area (Å²) in [5, 5.41) is 4.05. The van der Waals surface area contributed by atoms with Crippen LogP contribution in [0.25, 0.3) is 21.0 Å². The van der Waals surface area contributed by atoms with E-state index in [2.05, 4.69) is 67.7 Å². The van der Waals surface area contributed by atoms with Crippen molar-refractivity contribution in [3.8, 4) is 21.0 Å². The fourth-order valence-electron chi connectivity index (χ4n) is 3.82. The average Bonchev–Trinajstić information content (AvgIpc) is 3.15. The highest BCUT2D eigenvalue weighted by Gasteiger charge is 2.18. The molecule has 0 saturated carbocycles. The third kappa shape index (κ3) is 4.75. The van der Waals surface area contributed by atoms with Gasteiger partial charge in [0.15, 0.2) is 0 Å². The van der Waals surface area contributed by atoms with Crippen molar-refractivity contribution in [3.05, 3.63) is 94.7 Å². The van der Waals surface area contributed by atoms with Gasteiger partial charge in [-0.15, -0.1) is 11.3 Å². The molecule has 3 aromatic carbocycles. The standard InChI is InChI=1S/C27H26N2OS/c1-17-10-12-21(13-11-17)26-23(28-27(31-26)22-8-6-5-7-9-22)16-24(30)29-25-19(3)14-18(2)15-20(25)4/h5-15H,16H2,1-4H3,(H,29,30). The molecule has 4 aromatic rings. The van der Waals surface area contributed by atoms with Crippen molar-refractivity contribution < 1.29 is 4.79 Å². The molecular weight excluding hydrogens is 400 g/mol. The minimum Gasteiger partial charge on any atom is -0.325 e. The molecule has 1 amide bonds. The van der Waals surface area contributed by atoms with Gasteiger partial charge >= 0.3 is 0 Å². The van der Waals surface area contributed by atoms with E-state index in [0.29, 0.717) is 0 Å². The molecule has 0 saturated heterocycles. The van der Waals surface area contributed by atoms with Gasteiger partial charge in [-0.2, -0.15) is 0 Å². The second-order valence-corrected chi connectivity index (χ2v) is 9.02. The highest BCUT2D eigenvalue weighted by atomic mass is 32.1. The normalized spacial score (nSPS) is 10.8. The molecule has 156 valence electrons. The van der Waals surface area contributed by atoms with Crippen LogP contribution in [0.5, 0.6) is 0 Å². The smallest absolute Gasteiger partial charge is 0.230 e. The Bertz CT molecular complexity index is 1200. The second-order valence-electron chi connectivity index (χ2n) is 8.03. The van der Waals surface area contributed by atoms with E-state index in [1.165, 1.54) is 11.1 Å². The Labute approximate surface area is 187 Å². The Morgan fingerprint density at radius 2 is 1.48 bits per heavy atom. The van der Waals surface area contributed by atoms with Crippen molar-refractivity contribution in [2.24, 2.45) is 0 Å². The predicted molar refractivity (Wildman–Crippen MR) is 131 cm³/mol. The topological polar surface area (TPSA) is 42.0 Å². The van der Waals surface area contributed by atoms with Crippen molar-refractivity contribution in [1.29, 1.82) is 0 Å². The van der Waals surface area contributed by atoms with Crippen molar-refractivity contribution >= 4 is 22.9 Å². The largest absolute Gasteiger partial charge is 0.325 e. The number of benzene rings is 3. The van der Waals surface area contributed by atoms with Crippen LogP contribution in [0.2, 0.25) is 0 Å². The van der Waals surface area contributed by atoms with Gasteiger partial charge < -0.3 is 5.32 Å². The number of thiazole rings is 1. The first-order valence-electron chi connectivity index (χ1n) is 10.4. The van der Waals surface area contributed by atoms with E-state index in [0.717, 1.165) is 43.5 Å². The molecule has 0 spiro atoms. The average molecular weight is 427 g/mol. The predicted octanol–water partition coefficient (Wildman–Crippen LogP) is 6.89. The molecule has 0 radical (unpaired) electrons. The van der Waals surface area contributed by atoms with E-state index in [1.54, 1.807) is 11.3 Å². The summed E-state index contributed by atoms with van der Waals surface area (Å²) in [6.45, 7) is 8.21. The number of hydrogen-bond donors (Lipinski definition) is 1. The molecule has 0 unspecified atom stereocenters. The van der Waals surface area contributed by atoms with Gasteiger partial charge in [-0.3, -0.25) is 4.79 Å². The lowest BCUT2D eigenvalue weighted by atomic mass is 10.0. The van der Waals surface area contributed by atoms with Gasteiger partial charge in [-0.05, 0) is 44.4 Å². The van der Waals surface area contributed by atoms with E-state index in [1.807, 2.05) is 32.0 Å². The Hall–Kier alpha value is -3.24. The van der Waals surface area contributed by atoms with Gasteiger partial charge in [0.2, 0.25) is 5.91 Å². The van der Waals surface area contributed by atoms with Crippen molar-refractivity contribution in [3.63, 3.8) is 0 Å². The third-order valence-corrected chi connectivity index (χ3v) is 6.50. The van der Waals surface area contributed by atoms with Crippen LogP contribution >= 0.6 is 11.3 Å².